The predicted molar refractivity (Wildman–Crippen MR) is 102 cm³/mol. The lowest BCUT2D eigenvalue weighted by Gasteiger charge is -2.42. The van der Waals surface area contributed by atoms with E-state index in [1.54, 1.807) is 12.1 Å². The zero-order valence-electron chi connectivity index (χ0n) is 15.4. The molecule has 4 rings (SSSR count). The molecule has 1 amide bonds. The molecule has 0 spiro atoms. The molecule has 7 heteroatoms. The molecule has 0 atom stereocenters. The van der Waals surface area contributed by atoms with Gasteiger partial charge in [0.15, 0.2) is 5.82 Å². The second-order valence-corrected chi connectivity index (χ2v) is 7.49. The highest BCUT2D eigenvalue weighted by molar-refractivity contribution is 5.90. The maximum absolute atomic E-state index is 13.6. The van der Waals surface area contributed by atoms with Gasteiger partial charge in [-0.3, -0.25) is 4.79 Å². The van der Waals surface area contributed by atoms with Crippen molar-refractivity contribution in [1.82, 2.24) is 15.5 Å². The van der Waals surface area contributed by atoms with Crippen molar-refractivity contribution in [2.24, 2.45) is 0 Å². The third kappa shape index (κ3) is 4.02. The number of hydrogen-bond acceptors (Lipinski definition) is 5. The lowest BCUT2D eigenvalue weighted by atomic mass is 9.85. The number of carbonyl (C=O) groups is 1. The van der Waals surface area contributed by atoms with E-state index >= 15 is 0 Å². The molecule has 0 radical (unpaired) electrons. The average Bonchev–Trinajstić information content (AvgIpc) is 3.47. The van der Waals surface area contributed by atoms with Crippen molar-refractivity contribution in [3.8, 4) is 0 Å². The van der Waals surface area contributed by atoms with E-state index in [9.17, 15) is 9.18 Å². The van der Waals surface area contributed by atoms with E-state index < -0.39 is 5.54 Å². The van der Waals surface area contributed by atoms with Gasteiger partial charge in [0.2, 0.25) is 5.91 Å². The van der Waals surface area contributed by atoms with Crippen LogP contribution in [0.25, 0.3) is 0 Å². The minimum absolute atomic E-state index is 0.00361. The number of benzene rings is 1. The Morgan fingerprint density at radius 2 is 1.96 bits per heavy atom. The van der Waals surface area contributed by atoms with Crippen molar-refractivity contribution in [1.29, 1.82) is 0 Å². The normalized spacial score (nSPS) is 18.8. The average molecular weight is 369 g/mol. The summed E-state index contributed by atoms with van der Waals surface area (Å²) in [6, 6.07) is 10.5. The Morgan fingerprint density at radius 3 is 2.59 bits per heavy atom. The number of aryl methyl sites for hydroxylation is 1. The number of nitrogens with one attached hydrogen (secondary N) is 2. The van der Waals surface area contributed by atoms with Gasteiger partial charge in [-0.15, -0.1) is 5.10 Å². The number of piperidine rings is 1. The molecule has 1 aromatic heterocycles. The van der Waals surface area contributed by atoms with Crippen LogP contribution in [0.5, 0.6) is 0 Å². The summed E-state index contributed by atoms with van der Waals surface area (Å²) in [5.41, 5.74) is 0.761. The Kier molecular flexibility index (Phi) is 4.68. The van der Waals surface area contributed by atoms with E-state index in [2.05, 4.69) is 25.7 Å². The molecule has 6 nitrogen and oxygen atoms in total. The van der Waals surface area contributed by atoms with Gasteiger partial charge in [0, 0.05) is 24.8 Å². The molecule has 27 heavy (non-hydrogen) atoms. The first kappa shape index (κ1) is 17.7. The number of carbonyl (C=O) groups excluding carboxylic acids is 1. The Morgan fingerprint density at radius 1 is 1.19 bits per heavy atom. The number of hydrogen-bond donors (Lipinski definition) is 2. The molecule has 2 fully saturated rings. The molecule has 142 valence electrons. The molecule has 1 saturated carbocycles. The third-order valence-corrected chi connectivity index (χ3v) is 5.28. The second-order valence-electron chi connectivity index (χ2n) is 7.49. The molecular weight excluding hydrogens is 345 g/mol. The zero-order chi connectivity index (χ0) is 18.9. The van der Waals surface area contributed by atoms with Crippen molar-refractivity contribution in [3.05, 3.63) is 47.9 Å². The Hall–Kier alpha value is -2.70. The molecule has 1 aliphatic heterocycles. The van der Waals surface area contributed by atoms with Crippen LogP contribution in [-0.2, 0) is 4.79 Å². The highest BCUT2D eigenvalue weighted by atomic mass is 19.1. The van der Waals surface area contributed by atoms with Crippen LogP contribution in [0.1, 0.15) is 31.4 Å². The van der Waals surface area contributed by atoms with Crippen molar-refractivity contribution >= 4 is 17.4 Å². The smallest absolute Gasteiger partial charge is 0.246 e. The maximum Gasteiger partial charge on any atom is 0.246 e. The molecule has 0 unspecified atom stereocenters. The fraction of sp³-hybridized carbons (Fsp3) is 0.450. The van der Waals surface area contributed by atoms with Gasteiger partial charge >= 0.3 is 0 Å². The first-order valence-electron chi connectivity index (χ1n) is 9.44. The third-order valence-electron chi connectivity index (χ3n) is 5.28. The van der Waals surface area contributed by atoms with E-state index in [4.69, 9.17) is 0 Å². The molecule has 2 aliphatic rings. The lowest BCUT2D eigenvalue weighted by molar-refractivity contribution is -0.126. The first-order valence-corrected chi connectivity index (χ1v) is 9.44. The van der Waals surface area contributed by atoms with Crippen molar-refractivity contribution in [2.45, 2.75) is 44.2 Å². The second kappa shape index (κ2) is 7.13. The van der Waals surface area contributed by atoms with Gasteiger partial charge in [0.25, 0.3) is 0 Å². The molecule has 1 aromatic carbocycles. The van der Waals surface area contributed by atoms with Gasteiger partial charge in [0.05, 0.1) is 5.69 Å². The summed E-state index contributed by atoms with van der Waals surface area (Å²) in [6.45, 7) is 3.26. The molecule has 2 heterocycles. The Balaban J connectivity index is 1.52. The van der Waals surface area contributed by atoms with E-state index in [1.807, 2.05) is 19.1 Å². The number of aromatic nitrogens is 2. The van der Waals surface area contributed by atoms with Crippen LogP contribution in [0.3, 0.4) is 0 Å². The molecular formula is C20H24FN5O. The zero-order valence-corrected chi connectivity index (χ0v) is 15.4. The van der Waals surface area contributed by atoms with Crippen molar-refractivity contribution < 1.29 is 9.18 Å². The van der Waals surface area contributed by atoms with Gasteiger partial charge in [-0.25, -0.2) is 4.39 Å². The molecule has 1 aliphatic carbocycles. The van der Waals surface area contributed by atoms with Crippen LogP contribution in [0, 0.1) is 12.7 Å². The first-order chi connectivity index (χ1) is 13.0. The minimum atomic E-state index is -0.745. The lowest BCUT2D eigenvalue weighted by Crippen LogP contribution is -2.59. The largest absolute Gasteiger partial charge is 0.371 e. The summed E-state index contributed by atoms with van der Waals surface area (Å²) < 4.78 is 13.6. The van der Waals surface area contributed by atoms with Crippen LogP contribution in [0.2, 0.25) is 0 Å². The fourth-order valence-electron chi connectivity index (χ4n) is 3.48. The Bertz CT molecular complexity index is 813. The number of halogens is 1. The van der Waals surface area contributed by atoms with E-state index in [1.165, 1.54) is 12.1 Å². The number of nitrogens with zero attached hydrogens (tertiary/aromatic N) is 3. The SMILES string of the molecule is Cc1ccc(N2CCC(Nc3cccc(F)c3)(C(=O)NC3CC3)CC2)nn1. The molecule has 1 saturated heterocycles. The summed E-state index contributed by atoms with van der Waals surface area (Å²) in [7, 11) is 0. The Labute approximate surface area is 158 Å². The topological polar surface area (TPSA) is 70.2 Å². The fourth-order valence-corrected chi connectivity index (χ4v) is 3.48. The van der Waals surface area contributed by atoms with Gasteiger partial charge in [-0.05, 0) is 62.9 Å². The van der Waals surface area contributed by atoms with Crippen LogP contribution in [-0.4, -0.2) is 40.8 Å². The van der Waals surface area contributed by atoms with Gasteiger partial charge in [0.1, 0.15) is 11.4 Å². The van der Waals surface area contributed by atoms with Crippen molar-refractivity contribution in [2.75, 3.05) is 23.3 Å². The van der Waals surface area contributed by atoms with Gasteiger partial charge in [-0.2, -0.15) is 5.10 Å². The molecule has 2 aromatic rings. The summed E-state index contributed by atoms with van der Waals surface area (Å²) in [4.78, 5) is 15.2. The standard InChI is InChI=1S/C20H24FN5O/c1-14-5-8-18(25-24-14)26-11-9-20(10-12-26,19(27)22-16-6-7-16)23-17-4-2-3-15(21)13-17/h2-5,8,13,16,23H,6-7,9-12H2,1H3,(H,22,27). The quantitative estimate of drug-likeness (QED) is 0.848. The van der Waals surface area contributed by atoms with Gasteiger partial charge < -0.3 is 15.5 Å². The predicted octanol–water partition coefficient (Wildman–Crippen LogP) is 2.65. The molecule has 0 bridgehead atoms. The van der Waals surface area contributed by atoms with E-state index in [-0.39, 0.29) is 17.8 Å². The van der Waals surface area contributed by atoms with Crippen LogP contribution in [0.4, 0.5) is 15.9 Å². The number of rotatable bonds is 5. The maximum atomic E-state index is 13.6. The van der Waals surface area contributed by atoms with Gasteiger partial charge in [-0.1, -0.05) is 6.07 Å². The number of amides is 1. The van der Waals surface area contributed by atoms with Crippen LogP contribution >= 0.6 is 0 Å². The highest BCUT2D eigenvalue weighted by Crippen LogP contribution is 2.31. The van der Waals surface area contributed by atoms with Crippen LogP contribution in [0.15, 0.2) is 36.4 Å². The monoisotopic (exact) mass is 369 g/mol. The molecule has 2 N–H and O–H groups in total. The van der Waals surface area contributed by atoms with Crippen LogP contribution < -0.4 is 15.5 Å². The summed E-state index contributed by atoms with van der Waals surface area (Å²) in [6.07, 6.45) is 3.29. The summed E-state index contributed by atoms with van der Waals surface area (Å²) in [5.74, 6) is 0.511. The summed E-state index contributed by atoms with van der Waals surface area (Å²) >= 11 is 0. The van der Waals surface area contributed by atoms with Crippen molar-refractivity contribution in [3.63, 3.8) is 0 Å². The highest BCUT2D eigenvalue weighted by Gasteiger charge is 2.43. The summed E-state index contributed by atoms with van der Waals surface area (Å²) in [5, 5.41) is 14.8. The minimum Gasteiger partial charge on any atom is -0.371 e. The number of anilines is 2. The van der Waals surface area contributed by atoms with E-state index in [0.717, 1.165) is 24.4 Å². The van der Waals surface area contributed by atoms with E-state index in [0.29, 0.717) is 31.6 Å².